The monoisotopic (exact) mass is 878 g/mol. The van der Waals surface area contributed by atoms with Gasteiger partial charge in [0, 0.05) is 6.42 Å². The number of unbranched alkanes of at least 4 members (excludes halogenated alkanes) is 20. The Labute approximate surface area is 389 Å². The van der Waals surface area contributed by atoms with Crippen LogP contribution in [0.15, 0.2) is 85.1 Å². The quantitative estimate of drug-likeness (QED) is 0.0322. The van der Waals surface area contributed by atoms with Crippen molar-refractivity contribution in [3.05, 3.63) is 85.1 Å². The summed E-state index contributed by atoms with van der Waals surface area (Å²) >= 11 is 0. The number of carbonyl (C=O) groups is 2. The molecule has 3 atom stereocenters. The lowest BCUT2D eigenvalue weighted by atomic mass is 10.0. The van der Waals surface area contributed by atoms with Crippen molar-refractivity contribution >= 4 is 11.9 Å². The number of aliphatic hydroxyl groups is 2. The Bertz CT molecular complexity index is 1210. The van der Waals surface area contributed by atoms with Crippen LogP contribution in [-0.2, 0) is 14.3 Å². The molecule has 0 fully saturated rings. The van der Waals surface area contributed by atoms with Gasteiger partial charge in [0.15, 0.2) is 0 Å². The largest absolute Gasteiger partial charge is 0.462 e. The fraction of sp³-hybridized carbons (Fsp3) is 0.719. The lowest BCUT2D eigenvalue weighted by molar-refractivity contribution is -0.151. The van der Waals surface area contributed by atoms with Gasteiger partial charge in [-0.3, -0.25) is 9.59 Å². The van der Waals surface area contributed by atoms with E-state index >= 15 is 0 Å². The van der Waals surface area contributed by atoms with Gasteiger partial charge in [-0.1, -0.05) is 221 Å². The molecule has 0 saturated carbocycles. The molecule has 6 heteroatoms. The summed E-state index contributed by atoms with van der Waals surface area (Å²) in [5.41, 5.74) is 0. The normalized spacial score (nSPS) is 13.9. The molecular weight excluding hydrogens is 779 g/mol. The summed E-state index contributed by atoms with van der Waals surface area (Å²) in [6.45, 7) is 6.24. The number of hydrogen-bond donors (Lipinski definition) is 3. The first-order chi connectivity index (χ1) is 31.0. The van der Waals surface area contributed by atoms with Crippen LogP contribution in [0.2, 0.25) is 0 Å². The first-order valence-corrected chi connectivity index (χ1v) is 26.3. The summed E-state index contributed by atoms with van der Waals surface area (Å²) in [7, 11) is 0. The minimum Gasteiger partial charge on any atom is -0.462 e. The van der Waals surface area contributed by atoms with Crippen molar-refractivity contribution in [3.63, 3.8) is 0 Å². The van der Waals surface area contributed by atoms with Gasteiger partial charge in [0.2, 0.25) is 5.91 Å². The molecule has 0 radical (unpaired) electrons. The van der Waals surface area contributed by atoms with Crippen molar-refractivity contribution in [3.8, 4) is 0 Å². The van der Waals surface area contributed by atoms with Crippen molar-refractivity contribution in [2.45, 2.75) is 257 Å². The zero-order chi connectivity index (χ0) is 45.9. The summed E-state index contributed by atoms with van der Waals surface area (Å²) in [5.74, 6) is -0.558. The molecule has 0 saturated heterocycles. The lowest BCUT2D eigenvalue weighted by Crippen LogP contribution is -2.46. The van der Waals surface area contributed by atoms with Gasteiger partial charge in [-0.15, -0.1) is 0 Å². The first kappa shape index (κ1) is 60.0. The molecule has 6 nitrogen and oxygen atoms in total. The first-order valence-electron chi connectivity index (χ1n) is 26.3. The SMILES string of the molecule is CC/C=C/C/C=C/C/C=C/C/C=C/CCCC(CC(=O)NC(CO)C(O)CCCCCCCCCCCCCCCCCC)OC(=O)CCCCCC/C=C/C/C=C/C/C=C/CC. The van der Waals surface area contributed by atoms with Crippen LogP contribution >= 0.6 is 0 Å². The highest BCUT2D eigenvalue weighted by atomic mass is 16.5. The van der Waals surface area contributed by atoms with Crippen molar-refractivity contribution in [2.75, 3.05) is 6.61 Å². The maximum Gasteiger partial charge on any atom is 0.306 e. The lowest BCUT2D eigenvalue weighted by Gasteiger charge is -2.24. The number of esters is 1. The summed E-state index contributed by atoms with van der Waals surface area (Å²) in [6.07, 6.45) is 65.1. The molecule has 0 aliphatic carbocycles. The molecule has 0 aliphatic heterocycles. The summed E-state index contributed by atoms with van der Waals surface area (Å²) < 4.78 is 5.89. The zero-order valence-electron chi connectivity index (χ0n) is 41.2. The van der Waals surface area contributed by atoms with E-state index in [0.717, 1.165) is 109 Å². The molecule has 0 aromatic carbocycles. The molecule has 0 aromatic rings. The van der Waals surface area contributed by atoms with E-state index in [1.54, 1.807) is 0 Å². The van der Waals surface area contributed by atoms with Gasteiger partial charge in [-0.25, -0.2) is 0 Å². The van der Waals surface area contributed by atoms with Crippen LogP contribution in [-0.4, -0.2) is 46.9 Å². The van der Waals surface area contributed by atoms with Gasteiger partial charge >= 0.3 is 5.97 Å². The molecule has 0 rings (SSSR count). The molecule has 3 N–H and O–H groups in total. The van der Waals surface area contributed by atoms with Crippen LogP contribution in [0.3, 0.4) is 0 Å². The van der Waals surface area contributed by atoms with Crippen LogP contribution in [0.1, 0.15) is 239 Å². The van der Waals surface area contributed by atoms with E-state index in [1.807, 2.05) is 0 Å². The number of rotatable bonds is 46. The van der Waals surface area contributed by atoms with E-state index in [0.29, 0.717) is 19.3 Å². The Morgan fingerprint density at radius 1 is 0.476 bits per heavy atom. The average molecular weight is 878 g/mol. The number of aliphatic hydroxyl groups excluding tert-OH is 2. The molecular formula is C57H99NO5. The molecule has 3 unspecified atom stereocenters. The Hall–Kier alpha value is -2.96. The van der Waals surface area contributed by atoms with Crippen molar-refractivity contribution in [1.29, 1.82) is 0 Å². The highest BCUT2D eigenvalue weighted by molar-refractivity contribution is 5.77. The summed E-state index contributed by atoms with van der Waals surface area (Å²) in [5, 5.41) is 23.8. The van der Waals surface area contributed by atoms with Crippen LogP contribution in [0.5, 0.6) is 0 Å². The molecule has 1 amide bonds. The van der Waals surface area contributed by atoms with Gasteiger partial charge in [-0.2, -0.15) is 0 Å². The van der Waals surface area contributed by atoms with Crippen molar-refractivity contribution in [1.82, 2.24) is 5.32 Å². The van der Waals surface area contributed by atoms with Gasteiger partial charge in [-0.05, 0) is 89.9 Å². The number of nitrogens with one attached hydrogen (secondary N) is 1. The second-order valence-electron chi connectivity index (χ2n) is 17.5. The van der Waals surface area contributed by atoms with E-state index in [-0.39, 0.29) is 24.9 Å². The third-order valence-corrected chi connectivity index (χ3v) is 11.5. The molecule has 0 aromatic heterocycles. The topological polar surface area (TPSA) is 95.9 Å². The molecule has 0 bridgehead atoms. The summed E-state index contributed by atoms with van der Waals surface area (Å²) in [6, 6.07) is -0.728. The van der Waals surface area contributed by atoms with E-state index < -0.39 is 18.2 Å². The highest BCUT2D eigenvalue weighted by Crippen LogP contribution is 2.17. The molecule has 0 heterocycles. The van der Waals surface area contributed by atoms with Gasteiger partial charge in [0.05, 0.1) is 25.2 Å². The number of amides is 1. The van der Waals surface area contributed by atoms with Crippen molar-refractivity contribution in [2.24, 2.45) is 0 Å². The van der Waals surface area contributed by atoms with Crippen LogP contribution in [0, 0.1) is 0 Å². The number of allylic oxidation sites excluding steroid dienone is 14. The third kappa shape index (κ3) is 45.4. The molecule has 63 heavy (non-hydrogen) atoms. The minimum atomic E-state index is -0.810. The van der Waals surface area contributed by atoms with Gasteiger partial charge in [0.25, 0.3) is 0 Å². The molecule has 0 spiro atoms. The van der Waals surface area contributed by atoms with Crippen LogP contribution in [0.4, 0.5) is 0 Å². The Morgan fingerprint density at radius 3 is 1.33 bits per heavy atom. The highest BCUT2D eigenvalue weighted by Gasteiger charge is 2.24. The third-order valence-electron chi connectivity index (χ3n) is 11.5. The fourth-order valence-electron chi connectivity index (χ4n) is 7.56. The maximum atomic E-state index is 13.2. The Kier molecular flexibility index (Phi) is 47.7. The smallest absolute Gasteiger partial charge is 0.306 e. The van der Waals surface area contributed by atoms with Crippen LogP contribution in [0.25, 0.3) is 0 Å². The van der Waals surface area contributed by atoms with Crippen LogP contribution < -0.4 is 5.32 Å². The maximum absolute atomic E-state index is 13.2. The number of hydrogen-bond acceptors (Lipinski definition) is 5. The minimum absolute atomic E-state index is 0.0270. The molecule has 0 aliphatic rings. The van der Waals surface area contributed by atoms with E-state index in [9.17, 15) is 19.8 Å². The van der Waals surface area contributed by atoms with Gasteiger partial charge < -0.3 is 20.3 Å². The second kappa shape index (κ2) is 50.0. The Balaban J connectivity index is 4.66. The van der Waals surface area contributed by atoms with E-state index in [4.69, 9.17) is 4.74 Å². The number of carbonyl (C=O) groups excluding carboxylic acids is 2. The standard InChI is InChI=1S/C57H99NO5/c1-4-7-10-13-16-19-22-25-28-29-31-34-37-40-43-46-49-55(60)54(52-59)58-56(61)51-53(48-45-42-39-36-33-30-26-23-20-17-14-11-8-5-2)63-57(62)50-47-44-41-38-35-32-27-24-21-18-15-12-9-6-3/h8-9,11-12,17-18,20-21,26-27,30,32,36,39,53-55,59-60H,4-7,10,13-16,19,22-25,28-29,31,33-35,37-38,40-52H2,1-3H3,(H,58,61)/b11-8+,12-9+,20-17+,21-18+,30-26+,32-27+,39-36+. The fourth-order valence-corrected chi connectivity index (χ4v) is 7.56. The predicted molar refractivity (Wildman–Crippen MR) is 273 cm³/mol. The van der Waals surface area contributed by atoms with Gasteiger partial charge in [0.1, 0.15) is 6.10 Å². The predicted octanol–water partition coefficient (Wildman–Crippen LogP) is 16.0. The molecule has 362 valence electrons. The summed E-state index contributed by atoms with van der Waals surface area (Å²) in [4.78, 5) is 26.1. The second-order valence-corrected chi connectivity index (χ2v) is 17.5. The Morgan fingerprint density at radius 2 is 0.873 bits per heavy atom. The van der Waals surface area contributed by atoms with Crippen molar-refractivity contribution < 1.29 is 24.5 Å². The zero-order valence-corrected chi connectivity index (χ0v) is 41.2. The number of ether oxygens (including phenoxy) is 1. The van der Waals surface area contributed by atoms with E-state index in [1.165, 1.54) is 83.5 Å². The van der Waals surface area contributed by atoms with E-state index in [2.05, 4.69) is 111 Å². The average Bonchev–Trinajstić information content (AvgIpc) is 3.28.